The van der Waals surface area contributed by atoms with E-state index in [0.29, 0.717) is 6.42 Å². The van der Waals surface area contributed by atoms with Crippen molar-refractivity contribution in [3.05, 3.63) is 11.6 Å². The van der Waals surface area contributed by atoms with E-state index >= 15 is 0 Å². The zero-order valence-electron chi connectivity index (χ0n) is 13.1. The van der Waals surface area contributed by atoms with E-state index in [4.69, 9.17) is 14.2 Å². The van der Waals surface area contributed by atoms with Crippen molar-refractivity contribution in [3.8, 4) is 0 Å². The van der Waals surface area contributed by atoms with Gasteiger partial charge in [0.1, 0.15) is 6.10 Å². The molecule has 0 aromatic heterocycles. The molecule has 0 radical (unpaired) electrons. The molecule has 0 aromatic rings. The molecule has 5 nitrogen and oxygen atoms in total. The smallest absolute Gasteiger partial charge is 0.303 e. The molecule has 1 aliphatic carbocycles. The van der Waals surface area contributed by atoms with Gasteiger partial charge >= 0.3 is 11.9 Å². The van der Waals surface area contributed by atoms with Crippen LogP contribution in [-0.4, -0.2) is 37.4 Å². The number of methoxy groups -OCH3 is 1. The highest BCUT2D eigenvalue weighted by molar-refractivity contribution is 5.67. The number of rotatable bonds is 3. The Morgan fingerprint density at radius 2 is 1.75 bits per heavy atom. The Kier molecular flexibility index (Phi) is 5.34. The minimum absolute atomic E-state index is 0.0800. The van der Waals surface area contributed by atoms with E-state index < -0.39 is 18.2 Å². The normalized spacial score (nSPS) is 29.1. The van der Waals surface area contributed by atoms with Crippen LogP contribution in [0.15, 0.2) is 11.6 Å². The summed E-state index contributed by atoms with van der Waals surface area (Å²) in [6.07, 6.45) is 1.30. The van der Waals surface area contributed by atoms with Crippen LogP contribution in [0.3, 0.4) is 0 Å². The lowest BCUT2D eigenvalue weighted by Gasteiger charge is -2.36. The summed E-state index contributed by atoms with van der Waals surface area (Å²) in [5.74, 6) is -0.787. The SMILES string of the molecule is COC1CC(C)(C)C(OC(C)=O)C(OC(C)=O)C=C1C. The average Bonchev–Trinajstić information content (AvgIpc) is 2.38. The van der Waals surface area contributed by atoms with Crippen LogP contribution in [0.5, 0.6) is 0 Å². The Labute approximate surface area is 120 Å². The van der Waals surface area contributed by atoms with Gasteiger partial charge in [-0.3, -0.25) is 9.59 Å². The van der Waals surface area contributed by atoms with Crippen molar-refractivity contribution in [1.82, 2.24) is 0 Å². The van der Waals surface area contributed by atoms with Gasteiger partial charge in [-0.25, -0.2) is 0 Å². The molecule has 20 heavy (non-hydrogen) atoms. The predicted octanol–water partition coefficient (Wildman–Crippen LogP) is 2.24. The maximum Gasteiger partial charge on any atom is 0.303 e. The summed E-state index contributed by atoms with van der Waals surface area (Å²) in [6, 6.07) is 0. The van der Waals surface area contributed by atoms with Gasteiger partial charge in [-0.1, -0.05) is 13.8 Å². The minimum Gasteiger partial charge on any atom is -0.458 e. The van der Waals surface area contributed by atoms with Crippen LogP contribution < -0.4 is 0 Å². The molecule has 0 saturated carbocycles. The minimum atomic E-state index is -0.591. The third-order valence-electron chi connectivity index (χ3n) is 3.59. The molecule has 3 atom stereocenters. The molecule has 0 heterocycles. The van der Waals surface area contributed by atoms with Crippen LogP contribution in [0.25, 0.3) is 0 Å². The van der Waals surface area contributed by atoms with Crippen LogP contribution in [0, 0.1) is 5.41 Å². The van der Waals surface area contributed by atoms with E-state index in [1.807, 2.05) is 26.8 Å². The molecule has 0 saturated heterocycles. The summed E-state index contributed by atoms with van der Waals surface area (Å²) in [6.45, 7) is 8.60. The molecule has 1 rings (SSSR count). The first-order valence-corrected chi connectivity index (χ1v) is 6.73. The Bertz CT molecular complexity index is 410. The van der Waals surface area contributed by atoms with E-state index in [1.165, 1.54) is 13.8 Å². The fraction of sp³-hybridized carbons (Fsp3) is 0.733. The summed E-state index contributed by atoms with van der Waals surface area (Å²) in [4.78, 5) is 22.7. The molecular weight excluding hydrogens is 260 g/mol. The van der Waals surface area contributed by atoms with Gasteiger partial charge in [0.25, 0.3) is 0 Å². The fourth-order valence-electron chi connectivity index (χ4n) is 2.62. The Balaban J connectivity index is 3.17. The van der Waals surface area contributed by atoms with E-state index in [9.17, 15) is 9.59 Å². The third-order valence-corrected chi connectivity index (χ3v) is 3.59. The topological polar surface area (TPSA) is 61.8 Å². The molecule has 0 fully saturated rings. The van der Waals surface area contributed by atoms with Gasteiger partial charge < -0.3 is 14.2 Å². The lowest BCUT2D eigenvalue weighted by atomic mass is 9.80. The highest BCUT2D eigenvalue weighted by atomic mass is 16.6. The number of hydrogen-bond donors (Lipinski definition) is 0. The number of carbonyl (C=O) groups excluding carboxylic acids is 2. The van der Waals surface area contributed by atoms with Gasteiger partial charge in [0.05, 0.1) is 6.10 Å². The quantitative estimate of drug-likeness (QED) is 0.587. The molecule has 114 valence electrons. The van der Waals surface area contributed by atoms with Crippen LogP contribution in [0.4, 0.5) is 0 Å². The second-order valence-electron chi connectivity index (χ2n) is 5.93. The molecule has 0 N–H and O–H groups in total. The van der Waals surface area contributed by atoms with Crippen molar-refractivity contribution >= 4 is 11.9 Å². The summed E-state index contributed by atoms with van der Waals surface area (Å²) in [5.41, 5.74) is 0.599. The van der Waals surface area contributed by atoms with Crippen molar-refractivity contribution in [3.63, 3.8) is 0 Å². The van der Waals surface area contributed by atoms with Gasteiger partial charge in [-0.2, -0.15) is 0 Å². The second-order valence-corrected chi connectivity index (χ2v) is 5.93. The van der Waals surface area contributed by atoms with E-state index in [-0.39, 0.29) is 17.5 Å². The van der Waals surface area contributed by atoms with E-state index in [1.54, 1.807) is 7.11 Å². The fourth-order valence-corrected chi connectivity index (χ4v) is 2.62. The molecule has 0 aromatic carbocycles. The van der Waals surface area contributed by atoms with Crippen molar-refractivity contribution in [2.24, 2.45) is 5.41 Å². The standard InChI is InChI=1S/C15H24O5/c1-9-7-12(19-10(2)16)14(20-11(3)17)15(4,5)8-13(9)18-6/h7,12-14H,8H2,1-6H3. The first-order chi connectivity index (χ1) is 9.17. The zero-order chi connectivity index (χ0) is 15.5. The summed E-state index contributed by atoms with van der Waals surface area (Å²) < 4.78 is 16.2. The Hall–Kier alpha value is -1.36. The first-order valence-electron chi connectivity index (χ1n) is 6.73. The maximum absolute atomic E-state index is 11.4. The molecule has 1 aliphatic rings. The van der Waals surface area contributed by atoms with Gasteiger partial charge in [-0.15, -0.1) is 0 Å². The van der Waals surface area contributed by atoms with Crippen molar-refractivity contribution in [2.75, 3.05) is 7.11 Å². The number of esters is 2. The highest BCUT2D eigenvalue weighted by Gasteiger charge is 2.43. The predicted molar refractivity (Wildman–Crippen MR) is 74.1 cm³/mol. The molecular formula is C15H24O5. The first kappa shape index (κ1) is 16.7. The monoisotopic (exact) mass is 284 g/mol. The summed E-state index contributed by atoms with van der Waals surface area (Å²) in [5, 5.41) is 0. The lowest BCUT2D eigenvalue weighted by molar-refractivity contribution is -0.171. The van der Waals surface area contributed by atoms with Crippen molar-refractivity contribution in [1.29, 1.82) is 0 Å². The van der Waals surface area contributed by atoms with Gasteiger partial charge in [0.2, 0.25) is 0 Å². The Morgan fingerprint density at radius 1 is 1.20 bits per heavy atom. The van der Waals surface area contributed by atoms with Crippen LogP contribution in [0.1, 0.15) is 41.0 Å². The maximum atomic E-state index is 11.4. The third kappa shape index (κ3) is 4.07. The highest BCUT2D eigenvalue weighted by Crippen LogP contribution is 2.38. The van der Waals surface area contributed by atoms with Gasteiger partial charge in [-0.05, 0) is 25.0 Å². The van der Waals surface area contributed by atoms with Crippen molar-refractivity contribution < 1.29 is 23.8 Å². The number of carbonyl (C=O) groups is 2. The second kappa shape index (κ2) is 6.39. The molecule has 0 amide bonds. The van der Waals surface area contributed by atoms with E-state index in [2.05, 4.69) is 0 Å². The van der Waals surface area contributed by atoms with Crippen molar-refractivity contribution in [2.45, 2.75) is 59.4 Å². The number of hydrogen-bond acceptors (Lipinski definition) is 5. The van der Waals surface area contributed by atoms with Gasteiger partial charge in [0, 0.05) is 26.4 Å². The summed E-state index contributed by atoms with van der Waals surface area (Å²) >= 11 is 0. The molecule has 5 heteroatoms. The summed E-state index contributed by atoms with van der Waals surface area (Å²) in [7, 11) is 1.64. The van der Waals surface area contributed by atoms with Crippen LogP contribution in [-0.2, 0) is 23.8 Å². The molecule has 0 aliphatic heterocycles. The zero-order valence-corrected chi connectivity index (χ0v) is 13.1. The molecule has 0 spiro atoms. The van der Waals surface area contributed by atoms with Gasteiger partial charge in [0.15, 0.2) is 6.10 Å². The van der Waals surface area contributed by atoms with Crippen LogP contribution >= 0.6 is 0 Å². The molecule has 0 bridgehead atoms. The largest absolute Gasteiger partial charge is 0.458 e. The average molecular weight is 284 g/mol. The van der Waals surface area contributed by atoms with Crippen LogP contribution in [0.2, 0.25) is 0 Å². The van der Waals surface area contributed by atoms with E-state index in [0.717, 1.165) is 5.57 Å². The number of ether oxygens (including phenoxy) is 3. The molecule has 3 unspecified atom stereocenters. The lowest BCUT2D eigenvalue weighted by Crippen LogP contribution is -2.44. The Morgan fingerprint density at radius 3 is 2.20 bits per heavy atom.